The molecule has 0 aromatic heterocycles. The van der Waals surface area contributed by atoms with Gasteiger partial charge in [0.25, 0.3) is 5.09 Å². The van der Waals surface area contributed by atoms with Gasteiger partial charge in [0.2, 0.25) is 0 Å². The standard InChI is InChI=1S/C6H10NO3/c1-6(2)3-5(6)4-10-7(8)9/h3,5H,4H2,1-2H3. The Morgan fingerprint density at radius 2 is 2.30 bits per heavy atom. The second kappa shape index (κ2) is 2.11. The molecule has 0 aromatic carbocycles. The van der Waals surface area contributed by atoms with Gasteiger partial charge in [0.05, 0.1) is 0 Å². The average molecular weight is 144 g/mol. The summed E-state index contributed by atoms with van der Waals surface area (Å²) in [5.74, 6) is 0.262. The molecule has 1 saturated carbocycles. The first-order valence-electron chi connectivity index (χ1n) is 3.16. The first-order valence-corrected chi connectivity index (χ1v) is 3.16. The summed E-state index contributed by atoms with van der Waals surface area (Å²) in [6.07, 6.45) is 2.04. The summed E-state index contributed by atoms with van der Waals surface area (Å²) in [4.78, 5) is 13.9. The summed E-state index contributed by atoms with van der Waals surface area (Å²) in [5, 5.41) is 8.96. The molecule has 10 heavy (non-hydrogen) atoms. The van der Waals surface area contributed by atoms with Crippen molar-refractivity contribution in [1.82, 2.24) is 0 Å². The Bertz CT molecular complexity index is 155. The lowest BCUT2D eigenvalue weighted by Crippen LogP contribution is -2.06. The van der Waals surface area contributed by atoms with Gasteiger partial charge in [-0.05, 0) is 17.8 Å². The largest absolute Gasteiger partial charge is 0.314 e. The van der Waals surface area contributed by atoms with Gasteiger partial charge in [-0.3, -0.25) is 0 Å². The molecule has 1 aliphatic rings. The monoisotopic (exact) mass is 144 g/mol. The summed E-state index contributed by atoms with van der Waals surface area (Å²) >= 11 is 0. The summed E-state index contributed by atoms with van der Waals surface area (Å²) in [5.41, 5.74) is 0.149. The molecular formula is C6H10NO3. The van der Waals surface area contributed by atoms with Gasteiger partial charge < -0.3 is 4.84 Å². The smallest absolute Gasteiger partial charge is 0.294 e. The minimum absolute atomic E-state index is 0.149. The van der Waals surface area contributed by atoms with E-state index in [1.54, 1.807) is 0 Å². The number of nitrogens with zero attached hydrogens (tertiary/aromatic N) is 1. The van der Waals surface area contributed by atoms with Crippen LogP contribution in [0, 0.1) is 27.9 Å². The van der Waals surface area contributed by atoms with Gasteiger partial charge in [-0.25, -0.2) is 0 Å². The molecule has 0 aromatic rings. The highest BCUT2D eigenvalue weighted by molar-refractivity contribution is 5.12. The Balaban J connectivity index is 2.13. The van der Waals surface area contributed by atoms with Crippen molar-refractivity contribution >= 4 is 0 Å². The van der Waals surface area contributed by atoms with Gasteiger partial charge in [-0.1, -0.05) is 13.8 Å². The van der Waals surface area contributed by atoms with E-state index in [2.05, 4.69) is 4.84 Å². The average Bonchev–Trinajstić information content (AvgIpc) is 2.35. The molecule has 0 spiro atoms. The quantitative estimate of drug-likeness (QED) is 0.439. The zero-order valence-electron chi connectivity index (χ0n) is 6.03. The third kappa shape index (κ3) is 1.59. The lowest BCUT2D eigenvalue weighted by Gasteiger charge is -1.99. The maximum Gasteiger partial charge on any atom is 0.294 e. The first kappa shape index (κ1) is 7.31. The van der Waals surface area contributed by atoms with Gasteiger partial charge in [0.15, 0.2) is 0 Å². The molecule has 0 N–H and O–H groups in total. The molecule has 4 nitrogen and oxygen atoms in total. The highest BCUT2D eigenvalue weighted by Gasteiger charge is 2.46. The molecule has 4 heteroatoms. The van der Waals surface area contributed by atoms with E-state index in [1.807, 2.05) is 20.3 Å². The summed E-state index contributed by atoms with van der Waals surface area (Å²) in [6, 6.07) is 0. The van der Waals surface area contributed by atoms with Crippen LogP contribution in [0.1, 0.15) is 13.8 Å². The number of hydrogen-bond donors (Lipinski definition) is 0. The third-order valence-electron chi connectivity index (χ3n) is 1.84. The van der Waals surface area contributed by atoms with E-state index < -0.39 is 5.09 Å². The molecular weight excluding hydrogens is 134 g/mol. The van der Waals surface area contributed by atoms with Crippen molar-refractivity contribution in [3.05, 3.63) is 16.5 Å². The highest BCUT2D eigenvalue weighted by atomic mass is 16.9. The lowest BCUT2D eigenvalue weighted by molar-refractivity contribution is -0.758. The number of rotatable bonds is 3. The fraction of sp³-hybridized carbons (Fsp3) is 0.833. The normalized spacial score (nSPS) is 27.6. The van der Waals surface area contributed by atoms with Crippen LogP contribution in [-0.4, -0.2) is 11.7 Å². The molecule has 1 rings (SSSR count). The van der Waals surface area contributed by atoms with Gasteiger partial charge in [-0.15, -0.1) is 10.1 Å². The minimum atomic E-state index is -0.748. The molecule has 0 aliphatic heterocycles. The zero-order valence-corrected chi connectivity index (χ0v) is 6.03. The van der Waals surface area contributed by atoms with E-state index in [-0.39, 0.29) is 17.9 Å². The van der Waals surface area contributed by atoms with Crippen LogP contribution in [0.4, 0.5) is 0 Å². The van der Waals surface area contributed by atoms with Crippen molar-refractivity contribution in [1.29, 1.82) is 0 Å². The third-order valence-corrected chi connectivity index (χ3v) is 1.84. The van der Waals surface area contributed by atoms with E-state index in [4.69, 9.17) is 0 Å². The Morgan fingerprint density at radius 1 is 1.80 bits per heavy atom. The van der Waals surface area contributed by atoms with Gasteiger partial charge >= 0.3 is 0 Å². The zero-order chi connectivity index (χ0) is 7.78. The molecule has 1 atom stereocenters. The summed E-state index contributed by atoms with van der Waals surface area (Å²) in [7, 11) is 0. The van der Waals surface area contributed by atoms with Crippen LogP contribution in [0.5, 0.6) is 0 Å². The summed E-state index contributed by atoms with van der Waals surface area (Å²) < 4.78 is 0. The molecule has 0 heterocycles. The topological polar surface area (TPSA) is 52.4 Å². The van der Waals surface area contributed by atoms with Crippen LogP contribution in [0.15, 0.2) is 0 Å². The molecule has 0 amide bonds. The Morgan fingerprint density at radius 3 is 2.60 bits per heavy atom. The maximum absolute atomic E-state index is 9.71. The van der Waals surface area contributed by atoms with E-state index in [0.717, 1.165) is 0 Å². The first-order chi connectivity index (χ1) is 4.52. The van der Waals surface area contributed by atoms with E-state index in [9.17, 15) is 10.1 Å². The highest BCUT2D eigenvalue weighted by Crippen LogP contribution is 2.50. The van der Waals surface area contributed by atoms with Crippen molar-refractivity contribution in [2.75, 3.05) is 6.61 Å². The molecule has 0 saturated heterocycles. The van der Waals surface area contributed by atoms with E-state index >= 15 is 0 Å². The van der Waals surface area contributed by atoms with Gasteiger partial charge in [0.1, 0.15) is 6.61 Å². The predicted molar refractivity (Wildman–Crippen MR) is 34.5 cm³/mol. The van der Waals surface area contributed by atoms with Crippen LogP contribution in [0.25, 0.3) is 0 Å². The molecule has 57 valence electrons. The molecule has 1 fully saturated rings. The van der Waals surface area contributed by atoms with Gasteiger partial charge in [0, 0.05) is 0 Å². The van der Waals surface area contributed by atoms with Crippen LogP contribution in [0.2, 0.25) is 0 Å². The van der Waals surface area contributed by atoms with E-state index in [0.29, 0.717) is 0 Å². The lowest BCUT2D eigenvalue weighted by atomic mass is 10.1. The van der Waals surface area contributed by atoms with Crippen molar-refractivity contribution in [3.63, 3.8) is 0 Å². The summed E-state index contributed by atoms with van der Waals surface area (Å²) in [6.45, 7) is 4.27. The van der Waals surface area contributed by atoms with Crippen LogP contribution in [-0.2, 0) is 4.84 Å². The maximum atomic E-state index is 9.71. The van der Waals surface area contributed by atoms with E-state index in [1.165, 1.54) is 0 Å². The Kier molecular flexibility index (Phi) is 1.54. The number of hydrogen-bond acceptors (Lipinski definition) is 3. The molecule has 1 aliphatic carbocycles. The van der Waals surface area contributed by atoms with Crippen molar-refractivity contribution in [2.45, 2.75) is 13.8 Å². The molecule has 1 unspecified atom stereocenters. The Hall–Kier alpha value is -0.800. The second-order valence-corrected chi connectivity index (χ2v) is 3.11. The minimum Gasteiger partial charge on any atom is -0.314 e. The SMILES string of the molecule is CC1(C)[CH]C1CO[N+](=O)[O-]. The van der Waals surface area contributed by atoms with Crippen LogP contribution < -0.4 is 0 Å². The fourth-order valence-corrected chi connectivity index (χ4v) is 0.874. The molecule has 0 bridgehead atoms. The predicted octanol–water partition coefficient (Wildman–Crippen LogP) is 1.05. The molecule has 1 radical (unpaired) electrons. The van der Waals surface area contributed by atoms with Gasteiger partial charge in [-0.2, -0.15) is 0 Å². The van der Waals surface area contributed by atoms with Crippen molar-refractivity contribution in [2.24, 2.45) is 11.3 Å². The van der Waals surface area contributed by atoms with Crippen LogP contribution in [0.3, 0.4) is 0 Å². The fourth-order valence-electron chi connectivity index (χ4n) is 0.874. The van der Waals surface area contributed by atoms with Crippen LogP contribution >= 0.6 is 0 Å². The van der Waals surface area contributed by atoms with Crippen molar-refractivity contribution in [3.8, 4) is 0 Å². The second-order valence-electron chi connectivity index (χ2n) is 3.11. The van der Waals surface area contributed by atoms with Crippen molar-refractivity contribution < 1.29 is 9.92 Å². The Labute approximate surface area is 59.3 Å².